The Balaban J connectivity index is 1.56. The number of rotatable bonds is 4. The van der Waals surface area contributed by atoms with Crippen LogP contribution in [0.4, 0.5) is 10.5 Å². The van der Waals surface area contributed by atoms with E-state index in [9.17, 15) is 14.7 Å². The molecule has 0 aliphatic carbocycles. The van der Waals surface area contributed by atoms with Crippen molar-refractivity contribution in [2.75, 3.05) is 11.4 Å². The fourth-order valence-corrected chi connectivity index (χ4v) is 4.86. The molecule has 3 aromatic heterocycles. The lowest BCUT2D eigenvalue weighted by atomic mass is 10.0. The van der Waals surface area contributed by atoms with Crippen molar-refractivity contribution in [2.24, 2.45) is 7.05 Å². The van der Waals surface area contributed by atoms with Crippen LogP contribution in [-0.4, -0.2) is 36.8 Å². The minimum absolute atomic E-state index is 0.208. The average molecular weight is 490 g/mol. The highest BCUT2D eigenvalue weighted by Crippen LogP contribution is 2.31. The molecule has 1 N–H and O–H groups in total. The molecule has 8 nitrogen and oxygen atoms in total. The minimum Gasteiger partial charge on any atom is -0.465 e. The van der Waals surface area contributed by atoms with Gasteiger partial charge in [0.15, 0.2) is 0 Å². The van der Waals surface area contributed by atoms with Crippen LogP contribution >= 0.6 is 0 Å². The number of benzene rings is 3. The van der Waals surface area contributed by atoms with Crippen molar-refractivity contribution in [1.82, 2.24) is 19.1 Å². The molecular formula is C29H23N5O3. The lowest BCUT2D eigenvalue weighted by Gasteiger charge is -2.17. The van der Waals surface area contributed by atoms with Gasteiger partial charge in [-0.1, -0.05) is 24.3 Å². The third-order valence-corrected chi connectivity index (χ3v) is 6.77. The van der Waals surface area contributed by atoms with Gasteiger partial charge in [-0.25, -0.2) is 9.59 Å². The molecule has 37 heavy (non-hydrogen) atoms. The number of carbonyl (C=O) groups is 1. The maximum absolute atomic E-state index is 13.4. The molecule has 6 aromatic rings. The zero-order valence-corrected chi connectivity index (χ0v) is 20.3. The Morgan fingerprint density at radius 3 is 2.43 bits per heavy atom. The van der Waals surface area contributed by atoms with E-state index in [1.165, 1.54) is 4.90 Å². The van der Waals surface area contributed by atoms with E-state index >= 15 is 0 Å². The van der Waals surface area contributed by atoms with Gasteiger partial charge in [-0.05, 0) is 61.0 Å². The van der Waals surface area contributed by atoms with E-state index in [1.807, 2.05) is 48.7 Å². The van der Waals surface area contributed by atoms with Crippen LogP contribution in [-0.2, 0) is 7.05 Å². The van der Waals surface area contributed by atoms with E-state index in [2.05, 4.69) is 16.0 Å². The molecule has 0 aliphatic heterocycles. The highest BCUT2D eigenvalue weighted by molar-refractivity contribution is 6.05. The standard InChI is InChI=1S/C29H23N5O3/c1-3-33(29(36)37)21-9-11-22(12-10-21)34-27-23-15-18(20-14-19-6-4-5-7-24(19)30-16-20)8-13-25(23)31-17-26(27)32(2)28(34)35/h4-17H,3H2,1-2H3,(H,36,37). The van der Waals surface area contributed by atoms with Gasteiger partial charge in [0, 0.05) is 41.8 Å². The Bertz CT molecular complexity index is 1890. The van der Waals surface area contributed by atoms with Crippen molar-refractivity contribution in [3.05, 3.63) is 95.7 Å². The van der Waals surface area contributed by atoms with Crippen LogP contribution in [0.3, 0.4) is 0 Å². The van der Waals surface area contributed by atoms with Crippen LogP contribution in [0.2, 0.25) is 0 Å². The molecular weight excluding hydrogens is 466 g/mol. The topological polar surface area (TPSA) is 93.2 Å². The average Bonchev–Trinajstić information content (AvgIpc) is 3.18. The zero-order chi connectivity index (χ0) is 25.7. The van der Waals surface area contributed by atoms with E-state index in [0.717, 1.165) is 38.4 Å². The Kier molecular flexibility index (Phi) is 5.22. The second-order valence-electron chi connectivity index (χ2n) is 8.86. The highest BCUT2D eigenvalue weighted by atomic mass is 16.4. The number of fused-ring (bicyclic) bond motifs is 4. The Morgan fingerprint density at radius 2 is 1.68 bits per heavy atom. The van der Waals surface area contributed by atoms with E-state index < -0.39 is 6.09 Å². The van der Waals surface area contributed by atoms with Crippen LogP contribution in [0, 0.1) is 0 Å². The largest absolute Gasteiger partial charge is 0.465 e. The molecule has 0 aliphatic rings. The summed E-state index contributed by atoms with van der Waals surface area (Å²) in [6.07, 6.45) is 2.55. The minimum atomic E-state index is -1.02. The quantitative estimate of drug-likeness (QED) is 0.348. The number of amides is 1. The van der Waals surface area contributed by atoms with E-state index in [1.54, 1.807) is 53.6 Å². The van der Waals surface area contributed by atoms with Crippen molar-refractivity contribution in [2.45, 2.75) is 6.92 Å². The summed E-state index contributed by atoms with van der Waals surface area (Å²) in [5.74, 6) is 0. The van der Waals surface area contributed by atoms with Gasteiger partial charge in [-0.15, -0.1) is 0 Å². The molecule has 6 rings (SSSR count). The predicted molar refractivity (Wildman–Crippen MR) is 146 cm³/mol. The van der Waals surface area contributed by atoms with Gasteiger partial charge in [0.2, 0.25) is 0 Å². The molecule has 182 valence electrons. The number of aromatic nitrogens is 4. The number of aryl methyl sites for hydroxylation is 1. The van der Waals surface area contributed by atoms with Crippen molar-refractivity contribution in [3.63, 3.8) is 0 Å². The molecule has 0 atom stereocenters. The summed E-state index contributed by atoms with van der Waals surface area (Å²) >= 11 is 0. The molecule has 0 saturated carbocycles. The first-order valence-corrected chi connectivity index (χ1v) is 11.9. The summed E-state index contributed by atoms with van der Waals surface area (Å²) in [5.41, 5.74) is 6.07. The van der Waals surface area contributed by atoms with Crippen LogP contribution in [0.15, 0.2) is 90.0 Å². The molecule has 0 spiro atoms. The summed E-state index contributed by atoms with van der Waals surface area (Å²) in [6.45, 7) is 2.10. The molecule has 8 heteroatoms. The Labute approximate surface area is 211 Å². The first-order valence-electron chi connectivity index (χ1n) is 11.9. The van der Waals surface area contributed by atoms with Crippen LogP contribution < -0.4 is 10.6 Å². The van der Waals surface area contributed by atoms with Crippen LogP contribution in [0.5, 0.6) is 0 Å². The number of pyridine rings is 2. The lowest BCUT2D eigenvalue weighted by Crippen LogP contribution is -2.28. The van der Waals surface area contributed by atoms with Gasteiger partial charge in [0.25, 0.3) is 0 Å². The first kappa shape index (κ1) is 22.5. The maximum atomic E-state index is 13.4. The van der Waals surface area contributed by atoms with Gasteiger partial charge in [0.05, 0.1) is 34.0 Å². The third-order valence-electron chi connectivity index (χ3n) is 6.77. The van der Waals surface area contributed by atoms with Crippen molar-refractivity contribution in [1.29, 1.82) is 0 Å². The van der Waals surface area contributed by atoms with Crippen molar-refractivity contribution in [3.8, 4) is 16.8 Å². The Hall–Kier alpha value is -4.98. The molecule has 1 amide bonds. The van der Waals surface area contributed by atoms with Crippen molar-refractivity contribution >= 4 is 44.6 Å². The van der Waals surface area contributed by atoms with Gasteiger partial charge in [-0.2, -0.15) is 0 Å². The van der Waals surface area contributed by atoms with Crippen molar-refractivity contribution < 1.29 is 9.90 Å². The Morgan fingerprint density at radius 1 is 0.919 bits per heavy atom. The van der Waals surface area contributed by atoms with Gasteiger partial charge in [-0.3, -0.25) is 24.0 Å². The number of nitrogens with zero attached hydrogens (tertiary/aromatic N) is 5. The number of carboxylic acid groups (broad SMARTS) is 1. The zero-order valence-electron chi connectivity index (χ0n) is 20.3. The summed E-state index contributed by atoms with van der Waals surface area (Å²) in [5, 5.41) is 11.3. The summed E-state index contributed by atoms with van der Waals surface area (Å²) in [4.78, 5) is 35.4. The summed E-state index contributed by atoms with van der Waals surface area (Å²) in [7, 11) is 1.73. The molecule has 0 bridgehead atoms. The van der Waals surface area contributed by atoms with E-state index in [0.29, 0.717) is 23.4 Å². The number of para-hydroxylation sites is 1. The second-order valence-corrected chi connectivity index (χ2v) is 8.86. The highest BCUT2D eigenvalue weighted by Gasteiger charge is 2.18. The normalized spacial score (nSPS) is 11.4. The number of hydrogen-bond acceptors (Lipinski definition) is 4. The maximum Gasteiger partial charge on any atom is 0.411 e. The molecule has 0 saturated heterocycles. The van der Waals surface area contributed by atoms with Gasteiger partial charge < -0.3 is 5.11 Å². The molecule has 3 aromatic carbocycles. The van der Waals surface area contributed by atoms with Crippen LogP contribution in [0.25, 0.3) is 49.7 Å². The second kappa shape index (κ2) is 8.60. The fraction of sp³-hybridized carbons (Fsp3) is 0.103. The van der Waals surface area contributed by atoms with E-state index in [4.69, 9.17) is 0 Å². The summed E-state index contributed by atoms with van der Waals surface area (Å²) in [6, 6.07) is 23.1. The smallest absolute Gasteiger partial charge is 0.411 e. The van der Waals surface area contributed by atoms with Crippen LogP contribution in [0.1, 0.15) is 6.92 Å². The molecule has 3 heterocycles. The number of imidazole rings is 1. The first-order chi connectivity index (χ1) is 18.0. The molecule has 0 radical (unpaired) electrons. The SMILES string of the molecule is CCN(C(=O)O)c1ccc(-n2c(=O)n(C)c3cnc4ccc(-c5cnc6ccccc6c5)cc4c32)cc1. The van der Waals surface area contributed by atoms with Gasteiger partial charge >= 0.3 is 11.8 Å². The number of hydrogen-bond donors (Lipinski definition) is 1. The summed E-state index contributed by atoms with van der Waals surface area (Å²) < 4.78 is 3.23. The van der Waals surface area contributed by atoms with E-state index in [-0.39, 0.29) is 5.69 Å². The fourth-order valence-electron chi connectivity index (χ4n) is 4.86. The molecule has 0 unspecified atom stereocenters. The number of anilines is 1. The van der Waals surface area contributed by atoms with Gasteiger partial charge in [0.1, 0.15) is 0 Å². The monoisotopic (exact) mass is 489 g/mol. The lowest BCUT2D eigenvalue weighted by molar-refractivity contribution is 0.202. The molecule has 0 fully saturated rings. The third kappa shape index (κ3) is 3.61. The predicted octanol–water partition coefficient (Wildman–Crippen LogP) is 5.60.